The largest absolute Gasteiger partial charge is 0.506 e. The molecule has 7 heteroatoms. The molecule has 4 N–H and O–H groups in total. The van der Waals surface area contributed by atoms with Crippen LogP contribution in [0.1, 0.15) is 5.69 Å². The minimum atomic E-state index is 0.143. The van der Waals surface area contributed by atoms with Gasteiger partial charge in [-0.3, -0.25) is 0 Å². The van der Waals surface area contributed by atoms with E-state index < -0.39 is 0 Å². The van der Waals surface area contributed by atoms with E-state index in [0.717, 1.165) is 16.3 Å². The molecule has 0 saturated carbocycles. The van der Waals surface area contributed by atoms with E-state index in [0.29, 0.717) is 16.8 Å². The van der Waals surface area contributed by atoms with Gasteiger partial charge in [0, 0.05) is 6.20 Å². The van der Waals surface area contributed by atoms with Crippen molar-refractivity contribution in [1.82, 2.24) is 15.0 Å². The van der Waals surface area contributed by atoms with Gasteiger partial charge in [0.05, 0.1) is 22.0 Å². The molecule has 0 radical (unpaired) electrons. The van der Waals surface area contributed by atoms with Crippen LogP contribution in [0.4, 0.5) is 16.8 Å². The minimum absolute atomic E-state index is 0.143. The van der Waals surface area contributed by atoms with Gasteiger partial charge in [0.25, 0.3) is 0 Å². The summed E-state index contributed by atoms with van der Waals surface area (Å²) in [5.74, 6) is 0.546. The lowest BCUT2D eigenvalue weighted by Gasteiger charge is -2.07. The number of hydrogen-bond acceptors (Lipinski definition) is 7. The third-order valence-corrected chi connectivity index (χ3v) is 3.86. The Morgan fingerprint density at radius 1 is 1.19 bits per heavy atom. The van der Waals surface area contributed by atoms with Gasteiger partial charge in [-0.25, -0.2) is 15.0 Å². The number of aromatic hydroxyl groups is 1. The second-order valence-electron chi connectivity index (χ2n) is 4.37. The van der Waals surface area contributed by atoms with Crippen LogP contribution in [0, 0.1) is 6.92 Å². The number of aryl methyl sites for hydroxylation is 1. The molecule has 0 spiro atoms. The number of nitrogen functional groups attached to an aromatic ring is 1. The van der Waals surface area contributed by atoms with Crippen molar-refractivity contribution in [3.63, 3.8) is 0 Å². The van der Waals surface area contributed by atoms with E-state index >= 15 is 0 Å². The zero-order chi connectivity index (χ0) is 14.8. The molecule has 0 aliphatic heterocycles. The first-order valence-corrected chi connectivity index (χ1v) is 7.06. The van der Waals surface area contributed by atoms with Gasteiger partial charge in [-0.1, -0.05) is 23.5 Å². The van der Waals surface area contributed by atoms with Crippen LogP contribution in [0.25, 0.3) is 10.6 Å². The van der Waals surface area contributed by atoms with Crippen LogP contribution >= 0.6 is 11.3 Å². The molecule has 0 aliphatic carbocycles. The highest BCUT2D eigenvalue weighted by molar-refractivity contribution is 7.18. The van der Waals surface area contributed by atoms with Gasteiger partial charge in [0.2, 0.25) is 5.95 Å². The number of rotatable bonds is 3. The molecule has 6 nitrogen and oxygen atoms in total. The van der Waals surface area contributed by atoms with Crippen LogP contribution in [0.5, 0.6) is 5.75 Å². The van der Waals surface area contributed by atoms with Crippen molar-refractivity contribution < 1.29 is 5.11 Å². The Morgan fingerprint density at radius 2 is 2.00 bits per heavy atom. The monoisotopic (exact) mass is 299 g/mol. The Hall–Kier alpha value is -2.67. The van der Waals surface area contributed by atoms with Crippen LogP contribution < -0.4 is 11.1 Å². The first-order valence-electron chi connectivity index (χ1n) is 6.25. The molecule has 106 valence electrons. The van der Waals surface area contributed by atoms with Gasteiger partial charge in [-0.05, 0) is 25.1 Å². The maximum atomic E-state index is 9.76. The number of para-hydroxylation sites is 2. The number of phenolic OH excluding ortho intramolecular Hbond substituents is 1. The quantitative estimate of drug-likeness (QED) is 0.643. The number of nitrogens with two attached hydrogens (primary N) is 1. The smallest absolute Gasteiger partial charge is 0.227 e. The summed E-state index contributed by atoms with van der Waals surface area (Å²) >= 11 is 1.38. The van der Waals surface area contributed by atoms with Crippen molar-refractivity contribution in [3.8, 4) is 16.3 Å². The summed E-state index contributed by atoms with van der Waals surface area (Å²) in [6, 6.07) is 8.72. The maximum absolute atomic E-state index is 9.76. The van der Waals surface area contributed by atoms with Gasteiger partial charge >= 0.3 is 0 Å². The van der Waals surface area contributed by atoms with E-state index in [4.69, 9.17) is 5.73 Å². The summed E-state index contributed by atoms with van der Waals surface area (Å²) in [4.78, 5) is 13.7. The van der Waals surface area contributed by atoms with Crippen molar-refractivity contribution >= 4 is 28.1 Å². The van der Waals surface area contributed by atoms with E-state index in [2.05, 4.69) is 20.3 Å². The molecular formula is C14H13N5OS. The van der Waals surface area contributed by atoms with Gasteiger partial charge in [0.15, 0.2) is 5.13 Å². The fourth-order valence-electron chi connectivity index (χ4n) is 1.90. The fourth-order valence-corrected chi connectivity index (χ4v) is 2.70. The average Bonchev–Trinajstić information content (AvgIpc) is 2.81. The topological polar surface area (TPSA) is 97.0 Å². The summed E-state index contributed by atoms with van der Waals surface area (Å²) in [7, 11) is 0. The third kappa shape index (κ3) is 2.77. The molecule has 0 bridgehead atoms. The van der Waals surface area contributed by atoms with Crippen LogP contribution in [-0.4, -0.2) is 20.1 Å². The van der Waals surface area contributed by atoms with Crippen molar-refractivity contribution in [3.05, 3.63) is 42.2 Å². The van der Waals surface area contributed by atoms with Crippen molar-refractivity contribution in [2.75, 3.05) is 11.1 Å². The van der Waals surface area contributed by atoms with E-state index in [1.807, 2.05) is 13.0 Å². The van der Waals surface area contributed by atoms with Crippen LogP contribution in [-0.2, 0) is 0 Å². The molecule has 3 rings (SSSR count). The third-order valence-electron chi connectivity index (χ3n) is 2.85. The number of thiazole rings is 1. The fraction of sp³-hybridized carbons (Fsp3) is 0.0714. The molecule has 1 aromatic carbocycles. The van der Waals surface area contributed by atoms with Crippen molar-refractivity contribution in [2.24, 2.45) is 0 Å². The number of phenols is 1. The first-order chi connectivity index (χ1) is 10.1. The van der Waals surface area contributed by atoms with Gasteiger partial charge in [-0.2, -0.15) is 0 Å². The molecule has 2 aromatic heterocycles. The summed E-state index contributed by atoms with van der Waals surface area (Å²) in [6.45, 7) is 1.89. The maximum Gasteiger partial charge on any atom is 0.227 e. The number of benzene rings is 1. The van der Waals surface area contributed by atoms with Gasteiger partial charge < -0.3 is 16.2 Å². The number of hydrogen-bond donors (Lipinski definition) is 3. The van der Waals surface area contributed by atoms with Crippen molar-refractivity contribution in [2.45, 2.75) is 6.92 Å². The average molecular weight is 299 g/mol. The van der Waals surface area contributed by atoms with E-state index in [1.165, 1.54) is 11.3 Å². The zero-order valence-corrected chi connectivity index (χ0v) is 12.1. The summed E-state index contributed by atoms with van der Waals surface area (Å²) < 4.78 is 0. The summed E-state index contributed by atoms with van der Waals surface area (Å²) in [6.07, 6.45) is 1.65. The van der Waals surface area contributed by atoms with Gasteiger partial charge in [0.1, 0.15) is 5.75 Å². The van der Waals surface area contributed by atoms with E-state index in [9.17, 15) is 5.11 Å². The standard InChI is InChI=1S/C14H13N5OS/c1-8-12(21-13(15)17-8)10-6-7-16-14(19-10)18-9-4-2-3-5-11(9)20/h2-7,20H,1H3,(H2,15,17)(H,16,18,19). The second kappa shape index (κ2) is 5.37. The number of nitrogens with one attached hydrogen (secondary N) is 1. The number of nitrogens with zero attached hydrogens (tertiary/aromatic N) is 3. The molecule has 0 unspecified atom stereocenters. The van der Waals surface area contributed by atoms with Crippen LogP contribution in [0.15, 0.2) is 36.5 Å². The molecule has 0 atom stereocenters. The minimum Gasteiger partial charge on any atom is -0.506 e. The molecule has 0 amide bonds. The molecular weight excluding hydrogens is 286 g/mol. The molecule has 21 heavy (non-hydrogen) atoms. The Labute approximate surface area is 125 Å². The Bertz CT molecular complexity index is 787. The lowest BCUT2D eigenvalue weighted by atomic mass is 10.3. The predicted octanol–water partition coefficient (Wildman–Crippen LogP) is 2.94. The van der Waals surface area contributed by atoms with E-state index in [-0.39, 0.29) is 5.75 Å². The highest BCUT2D eigenvalue weighted by Gasteiger charge is 2.11. The highest BCUT2D eigenvalue weighted by Crippen LogP contribution is 2.31. The number of anilines is 3. The highest BCUT2D eigenvalue weighted by atomic mass is 32.1. The van der Waals surface area contributed by atoms with Crippen molar-refractivity contribution in [1.29, 1.82) is 0 Å². The molecule has 0 saturated heterocycles. The Kier molecular flexibility index (Phi) is 3.41. The predicted molar refractivity (Wildman–Crippen MR) is 83.7 cm³/mol. The first kappa shape index (κ1) is 13.3. The molecule has 2 heterocycles. The van der Waals surface area contributed by atoms with Crippen LogP contribution in [0.3, 0.4) is 0 Å². The number of aromatic nitrogens is 3. The Balaban J connectivity index is 1.94. The lowest BCUT2D eigenvalue weighted by Crippen LogP contribution is -1.98. The lowest BCUT2D eigenvalue weighted by molar-refractivity contribution is 0.477. The summed E-state index contributed by atoms with van der Waals surface area (Å²) in [5.41, 5.74) is 7.85. The Morgan fingerprint density at radius 3 is 2.71 bits per heavy atom. The second-order valence-corrected chi connectivity index (χ2v) is 5.40. The summed E-state index contributed by atoms with van der Waals surface area (Å²) in [5, 5.41) is 13.3. The zero-order valence-electron chi connectivity index (χ0n) is 11.2. The van der Waals surface area contributed by atoms with E-state index in [1.54, 1.807) is 30.5 Å². The molecule has 3 aromatic rings. The van der Waals surface area contributed by atoms with Crippen LogP contribution in [0.2, 0.25) is 0 Å². The molecule has 0 fully saturated rings. The molecule has 0 aliphatic rings. The SMILES string of the molecule is Cc1nc(N)sc1-c1ccnc(Nc2ccccc2O)n1. The van der Waals surface area contributed by atoms with Gasteiger partial charge in [-0.15, -0.1) is 0 Å². The normalized spacial score (nSPS) is 10.5.